The van der Waals surface area contributed by atoms with E-state index in [1.807, 2.05) is 24.3 Å². The number of halogens is 1. The third-order valence-corrected chi connectivity index (χ3v) is 5.12. The van der Waals surface area contributed by atoms with Gasteiger partial charge in [-0.1, -0.05) is 53.9 Å². The Labute approximate surface area is 123 Å². The van der Waals surface area contributed by atoms with Crippen molar-refractivity contribution in [2.45, 2.75) is 39.0 Å². The van der Waals surface area contributed by atoms with Crippen molar-refractivity contribution in [1.29, 1.82) is 0 Å². The summed E-state index contributed by atoms with van der Waals surface area (Å²) in [5.41, 5.74) is 1.11. The van der Waals surface area contributed by atoms with E-state index in [4.69, 9.17) is 0 Å². The van der Waals surface area contributed by atoms with Crippen LogP contribution < -0.4 is 0 Å². The van der Waals surface area contributed by atoms with Gasteiger partial charge in [0.2, 0.25) is 0 Å². The molecule has 1 N–H and O–H groups in total. The SMILES string of the molecule is CC1CCC(C(Cc2ccccc2Br)C(=O)O)CC1. The van der Waals surface area contributed by atoms with Gasteiger partial charge in [-0.25, -0.2) is 0 Å². The maximum absolute atomic E-state index is 11.6. The summed E-state index contributed by atoms with van der Waals surface area (Å²) in [5.74, 6) is 0.205. The Balaban J connectivity index is 2.09. The van der Waals surface area contributed by atoms with Crippen LogP contribution >= 0.6 is 15.9 Å². The second-order valence-electron chi connectivity index (χ2n) is 5.76. The molecule has 19 heavy (non-hydrogen) atoms. The molecule has 0 bridgehead atoms. The monoisotopic (exact) mass is 324 g/mol. The van der Waals surface area contributed by atoms with E-state index >= 15 is 0 Å². The summed E-state index contributed by atoms with van der Waals surface area (Å²) in [6.07, 6.45) is 5.09. The standard InChI is InChI=1S/C16H21BrO2/c1-11-6-8-12(9-7-11)14(16(18)19)10-13-4-2-3-5-15(13)17/h2-5,11-12,14H,6-10H2,1H3,(H,18,19). The third kappa shape index (κ3) is 3.82. The average Bonchev–Trinajstić information content (AvgIpc) is 2.39. The van der Waals surface area contributed by atoms with Crippen molar-refractivity contribution in [3.63, 3.8) is 0 Å². The number of carboxylic acid groups (broad SMARTS) is 1. The van der Waals surface area contributed by atoms with E-state index in [-0.39, 0.29) is 5.92 Å². The van der Waals surface area contributed by atoms with Crippen LogP contribution in [0, 0.1) is 17.8 Å². The summed E-state index contributed by atoms with van der Waals surface area (Å²) >= 11 is 3.51. The topological polar surface area (TPSA) is 37.3 Å². The summed E-state index contributed by atoms with van der Waals surface area (Å²) in [6.45, 7) is 2.26. The Morgan fingerprint density at radius 2 is 1.95 bits per heavy atom. The van der Waals surface area contributed by atoms with Gasteiger partial charge in [0, 0.05) is 4.47 Å². The van der Waals surface area contributed by atoms with Gasteiger partial charge in [-0.2, -0.15) is 0 Å². The Morgan fingerprint density at radius 1 is 1.32 bits per heavy atom. The lowest BCUT2D eigenvalue weighted by Crippen LogP contribution is -2.29. The van der Waals surface area contributed by atoms with Crippen LogP contribution in [-0.2, 0) is 11.2 Å². The van der Waals surface area contributed by atoms with Gasteiger partial charge in [-0.05, 0) is 42.7 Å². The number of aliphatic carboxylic acids is 1. The number of hydrogen-bond acceptors (Lipinski definition) is 1. The highest BCUT2D eigenvalue weighted by Gasteiger charge is 2.31. The zero-order chi connectivity index (χ0) is 13.8. The fourth-order valence-corrected chi connectivity index (χ4v) is 3.49. The van der Waals surface area contributed by atoms with Gasteiger partial charge in [0.1, 0.15) is 0 Å². The van der Waals surface area contributed by atoms with Crippen LogP contribution in [0.2, 0.25) is 0 Å². The first-order valence-corrected chi connectivity index (χ1v) is 7.83. The van der Waals surface area contributed by atoms with Crippen LogP contribution in [-0.4, -0.2) is 11.1 Å². The average molecular weight is 325 g/mol. The molecule has 2 nitrogen and oxygen atoms in total. The molecule has 0 saturated heterocycles. The lowest BCUT2D eigenvalue weighted by molar-refractivity contribution is -0.144. The van der Waals surface area contributed by atoms with E-state index in [0.717, 1.165) is 28.8 Å². The zero-order valence-electron chi connectivity index (χ0n) is 11.3. The minimum atomic E-state index is -0.643. The first kappa shape index (κ1) is 14.6. The Morgan fingerprint density at radius 3 is 2.53 bits per heavy atom. The first-order valence-electron chi connectivity index (χ1n) is 7.04. The molecule has 0 spiro atoms. The highest BCUT2D eigenvalue weighted by atomic mass is 79.9. The smallest absolute Gasteiger partial charge is 0.307 e. The highest BCUT2D eigenvalue weighted by Crippen LogP contribution is 2.35. The molecule has 1 unspecified atom stereocenters. The van der Waals surface area contributed by atoms with E-state index in [1.54, 1.807) is 0 Å². The molecule has 3 heteroatoms. The molecule has 1 aromatic carbocycles. The van der Waals surface area contributed by atoms with Gasteiger partial charge in [-0.15, -0.1) is 0 Å². The predicted molar refractivity (Wildman–Crippen MR) is 80.1 cm³/mol. The fourth-order valence-electron chi connectivity index (χ4n) is 3.04. The molecule has 1 atom stereocenters. The number of benzene rings is 1. The largest absolute Gasteiger partial charge is 0.481 e. The summed E-state index contributed by atoms with van der Waals surface area (Å²) in [5, 5.41) is 9.53. The highest BCUT2D eigenvalue weighted by molar-refractivity contribution is 9.10. The molecule has 1 saturated carbocycles. The Hall–Kier alpha value is -0.830. The van der Waals surface area contributed by atoms with Crippen LogP contribution in [0.15, 0.2) is 28.7 Å². The van der Waals surface area contributed by atoms with Crippen LogP contribution in [0.5, 0.6) is 0 Å². The van der Waals surface area contributed by atoms with Crippen LogP contribution in [0.4, 0.5) is 0 Å². The second kappa shape index (κ2) is 6.56. The van der Waals surface area contributed by atoms with Gasteiger partial charge in [0.15, 0.2) is 0 Å². The van der Waals surface area contributed by atoms with Gasteiger partial charge < -0.3 is 5.11 Å². The molecule has 1 fully saturated rings. The second-order valence-corrected chi connectivity index (χ2v) is 6.61. The number of hydrogen-bond donors (Lipinski definition) is 1. The van der Waals surface area contributed by atoms with Crippen molar-refractivity contribution in [1.82, 2.24) is 0 Å². The van der Waals surface area contributed by atoms with Crippen molar-refractivity contribution in [3.8, 4) is 0 Å². The Kier molecular flexibility index (Phi) is 5.03. The van der Waals surface area contributed by atoms with Crippen molar-refractivity contribution < 1.29 is 9.90 Å². The van der Waals surface area contributed by atoms with E-state index in [1.165, 1.54) is 12.8 Å². The normalized spacial score (nSPS) is 24.9. The summed E-state index contributed by atoms with van der Waals surface area (Å²) in [6, 6.07) is 7.94. The summed E-state index contributed by atoms with van der Waals surface area (Å²) < 4.78 is 1.02. The minimum Gasteiger partial charge on any atom is -0.481 e. The van der Waals surface area contributed by atoms with E-state index in [0.29, 0.717) is 12.3 Å². The summed E-state index contributed by atoms with van der Waals surface area (Å²) in [4.78, 5) is 11.6. The molecule has 0 aromatic heterocycles. The fraction of sp³-hybridized carbons (Fsp3) is 0.562. The van der Waals surface area contributed by atoms with E-state index in [9.17, 15) is 9.90 Å². The maximum atomic E-state index is 11.6. The van der Waals surface area contributed by atoms with Crippen molar-refractivity contribution >= 4 is 21.9 Å². The van der Waals surface area contributed by atoms with Gasteiger partial charge in [0.05, 0.1) is 5.92 Å². The van der Waals surface area contributed by atoms with Crippen molar-refractivity contribution in [2.75, 3.05) is 0 Å². The zero-order valence-corrected chi connectivity index (χ0v) is 12.9. The molecule has 1 aliphatic rings. The van der Waals surface area contributed by atoms with Crippen LogP contribution in [0.3, 0.4) is 0 Å². The quantitative estimate of drug-likeness (QED) is 0.884. The molecule has 2 rings (SSSR count). The number of rotatable bonds is 4. The van der Waals surface area contributed by atoms with Crippen molar-refractivity contribution in [2.24, 2.45) is 17.8 Å². The third-order valence-electron chi connectivity index (χ3n) is 4.34. The first-order chi connectivity index (χ1) is 9.08. The molecular formula is C16H21BrO2. The molecule has 104 valence electrons. The maximum Gasteiger partial charge on any atom is 0.307 e. The summed E-state index contributed by atoms with van der Waals surface area (Å²) in [7, 11) is 0. The molecule has 1 aliphatic carbocycles. The van der Waals surface area contributed by atoms with E-state index in [2.05, 4.69) is 22.9 Å². The lowest BCUT2D eigenvalue weighted by Gasteiger charge is -2.30. The van der Waals surface area contributed by atoms with Crippen molar-refractivity contribution in [3.05, 3.63) is 34.3 Å². The van der Waals surface area contributed by atoms with E-state index < -0.39 is 5.97 Å². The predicted octanol–water partition coefficient (Wildman–Crippen LogP) is 4.52. The molecule has 0 aliphatic heterocycles. The number of carbonyl (C=O) groups is 1. The molecule has 1 aromatic rings. The van der Waals surface area contributed by atoms with Crippen LogP contribution in [0.1, 0.15) is 38.2 Å². The number of carboxylic acids is 1. The molecule has 0 radical (unpaired) electrons. The molecule has 0 amide bonds. The molecular weight excluding hydrogens is 304 g/mol. The van der Waals surface area contributed by atoms with Crippen LogP contribution in [0.25, 0.3) is 0 Å². The molecule has 0 heterocycles. The minimum absolute atomic E-state index is 0.244. The lowest BCUT2D eigenvalue weighted by atomic mass is 9.74. The van der Waals surface area contributed by atoms with Gasteiger partial charge in [-0.3, -0.25) is 4.79 Å². The van der Waals surface area contributed by atoms with Gasteiger partial charge in [0.25, 0.3) is 0 Å². The van der Waals surface area contributed by atoms with Gasteiger partial charge >= 0.3 is 5.97 Å². The Bertz CT molecular complexity index is 436.